The molecule has 100 valence electrons. The highest BCUT2D eigenvalue weighted by atomic mass is 16.5. The van der Waals surface area contributed by atoms with Crippen molar-refractivity contribution in [3.05, 3.63) is 24.0 Å². The lowest BCUT2D eigenvalue weighted by atomic mass is 9.90. The fourth-order valence-corrected chi connectivity index (χ4v) is 2.54. The van der Waals surface area contributed by atoms with Gasteiger partial charge in [-0.25, -0.2) is 4.98 Å². The molecule has 0 N–H and O–H groups in total. The second-order valence-corrected chi connectivity index (χ2v) is 6.38. The first-order chi connectivity index (χ1) is 8.34. The number of hydrogen-bond acceptors (Lipinski definition) is 2. The molecule has 3 nitrogen and oxygen atoms in total. The molecule has 0 radical (unpaired) electrons. The van der Waals surface area contributed by atoms with E-state index in [0.717, 1.165) is 5.76 Å². The van der Waals surface area contributed by atoms with E-state index in [2.05, 4.69) is 51.1 Å². The molecule has 0 unspecified atom stereocenters. The monoisotopic (exact) mass is 248 g/mol. The Morgan fingerprint density at radius 2 is 1.89 bits per heavy atom. The van der Waals surface area contributed by atoms with E-state index in [4.69, 9.17) is 4.74 Å². The van der Waals surface area contributed by atoms with Gasteiger partial charge in [-0.15, -0.1) is 0 Å². The zero-order valence-corrected chi connectivity index (χ0v) is 12.3. The highest BCUT2D eigenvalue weighted by molar-refractivity contribution is 5.53. The van der Waals surface area contributed by atoms with Crippen molar-refractivity contribution in [2.24, 2.45) is 11.8 Å². The van der Waals surface area contributed by atoms with Gasteiger partial charge >= 0.3 is 0 Å². The molecule has 2 heterocycles. The Morgan fingerprint density at radius 3 is 2.44 bits per heavy atom. The zero-order chi connectivity index (χ0) is 13.5. The van der Waals surface area contributed by atoms with Crippen molar-refractivity contribution in [3.8, 4) is 0 Å². The Balaban J connectivity index is 2.65. The van der Waals surface area contributed by atoms with Crippen LogP contribution in [0.1, 0.15) is 47.2 Å². The second-order valence-electron chi connectivity index (χ2n) is 6.38. The molecule has 1 aliphatic heterocycles. The Kier molecular flexibility index (Phi) is 3.26. The van der Waals surface area contributed by atoms with Crippen LogP contribution in [0.2, 0.25) is 0 Å². The van der Waals surface area contributed by atoms with Gasteiger partial charge in [0.05, 0.1) is 24.3 Å². The molecule has 0 aromatic carbocycles. The third kappa shape index (κ3) is 2.06. The fourth-order valence-electron chi connectivity index (χ4n) is 2.54. The minimum absolute atomic E-state index is 0.00667. The van der Waals surface area contributed by atoms with Gasteiger partial charge in [0, 0.05) is 17.5 Å². The largest absolute Gasteiger partial charge is 0.495 e. The average Bonchev–Trinajstić information content (AvgIpc) is 2.68. The first-order valence-electron chi connectivity index (χ1n) is 6.74. The van der Waals surface area contributed by atoms with Crippen LogP contribution in [0.4, 0.5) is 0 Å². The van der Waals surface area contributed by atoms with Gasteiger partial charge in [-0.2, -0.15) is 0 Å². The molecule has 2 rings (SSSR count). The van der Waals surface area contributed by atoms with Crippen LogP contribution in [-0.2, 0) is 10.2 Å². The molecule has 3 heteroatoms. The van der Waals surface area contributed by atoms with Crippen LogP contribution in [0.25, 0.3) is 5.70 Å². The quantitative estimate of drug-likeness (QED) is 0.798. The SMILES string of the molecule is CC(C)C1=C(C(C)C)n2cncc2C(C)(C)CO1. The third-order valence-electron chi connectivity index (χ3n) is 3.50. The minimum atomic E-state index is -0.00667. The van der Waals surface area contributed by atoms with Crippen molar-refractivity contribution < 1.29 is 4.74 Å². The smallest absolute Gasteiger partial charge is 0.119 e. The summed E-state index contributed by atoms with van der Waals surface area (Å²) in [4.78, 5) is 4.34. The molecule has 1 aromatic rings. The van der Waals surface area contributed by atoms with Gasteiger partial charge < -0.3 is 9.30 Å². The van der Waals surface area contributed by atoms with Crippen LogP contribution >= 0.6 is 0 Å². The molecule has 0 saturated heterocycles. The fraction of sp³-hybridized carbons (Fsp3) is 0.667. The van der Waals surface area contributed by atoms with Crippen LogP contribution in [0, 0.1) is 11.8 Å². The number of ether oxygens (including phenoxy) is 1. The van der Waals surface area contributed by atoms with Gasteiger partial charge in [0.15, 0.2) is 0 Å². The van der Waals surface area contributed by atoms with E-state index in [1.807, 2.05) is 12.5 Å². The molecular formula is C15H24N2O. The van der Waals surface area contributed by atoms with Crippen LogP contribution in [-0.4, -0.2) is 16.2 Å². The van der Waals surface area contributed by atoms with E-state index in [1.54, 1.807) is 0 Å². The van der Waals surface area contributed by atoms with E-state index < -0.39 is 0 Å². The molecule has 0 atom stereocenters. The summed E-state index contributed by atoms with van der Waals surface area (Å²) < 4.78 is 8.35. The van der Waals surface area contributed by atoms with Crippen molar-refractivity contribution in [1.82, 2.24) is 9.55 Å². The number of fused-ring (bicyclic) bond motifs is 1. The van der Waals surface area contributed by atoms with Crippen molar-refractivity contribution in [1.29, 1.82) is 0 Å². The van der Waals surface area contributed by atoms with Gasteiger partial charge in [0.25, 0.3) is 0 Å². The number of hydrogen-bond donors (Lipinski definition) is 0. The van der Waals surface area contributed by atoms with E-state index in [9.17, 15) is 0 Å². The van der Waals surface area contributed by atoms with E-state index in [1.165, 1.54) is 11.4 Å². The molecule has 0 saturated carbocycles. The Bertz CT molecular complexity index is 467. The number of allylic oxidation sites excluding steroid dienone is 2. The highest BCUT2D eigenvalue weighted by Crippen LogP contribution is 2.36. The maximum absolute atomic E-state index is 6.13. The van der Waals surface area contributed by atoms with Crippen LogP contribution in [0.5, 0.6) is 0 Å². The van der Waals surface area contributed by atoms with E-state index in [0.29, 0.717) is 18.4 Å². The average molecular weight is 248 g/mol. The maximum atomic E-state index is 6.13. The van der Waals surface area contributed by atoms with Crippen LogP contribution < -0.4 is 0 Å². The summed E-state index contributed by atoms with van der Waals surface area (Å²) >= 11 is 0. The summed E-state index contributed by atoms with van der Waals surface area (Å²) in [6, 6.07) is 0. The lowest BCUT2D eigenvalue weighted by molar-refractivity contribution is 0.142. The number of imidazole rings is 1. The first-order valence-corrected chi connectivity index (χ1v) is 6.74. The lowest BCUT2D eigenvalue weighted by Gasteiger charge is -2.23. The third-order valence-corrected chi connectivity index (χ3v) is 3.50. The predicted molar refractivity (Wildman–Crippen MR) is 74.1 cm³/mol. The second kappa shape index (κ2) is 4.45. The van der Waals surface area contributed by atoms with Gasteiger partial charge in [0.2, 0.25) is 0 Å². The van der Waals surface area contributed by atoms with Crippen molar-refractivity contribution in [2.45, 2.75) is 47.0 Å². The normalized spacial score (nSPS) is 18.9. The molecule has 0 spiro atoms. The Labute approximate surface area is 110 Å². The topological polar surface area (TPSA) is 27.1 Å². The van der Waals surface area contributed by atoms with E-state index in [-0.39, 0.29) is 5.41 Å². The van der Waals surface area contributed by atoms with E-state index >= 15 is 0 Å². The van der Waals surface area contributed by atoms with Crippen LogP contribution in [0.3, 0.4) is 0 Å². The minimum Gasteiger partial charge on any atom is -0.495 e. The molecule has 0 bridgehead atoms. The number of nitrogens with zero attached hydrogens (tertiary/aromatic N) is 2. The summed E-state index contributed by atoms with van der Waals surface area (Å²) in [5, 5.41) is 0. The molecule has 0 fully saturated rings. The molecule has 18 heavy (non-hydrogen) atoms. The summed E-state index contributed by atoms with van der Waals surface area (Å²) in [5.74, 6) is 1.92. The summed E-state index contributed by atoms with van der Waals surface area (Å²) in [6.45, 7) is 13.9. The molecule has 0 amide bonds. The van der Waals surface area contributed by atoms with Gasteiger partial charge in [-0.1, -0.05) is 41.5 Å². The van der Waals surface area contributed by atoms with Crippen molar-refractivity contribution in [2.75, 3.05) is 6.61 Å². The Hall–Kier alpha value is -1.25. The van der Waals surface area contributed by atoms with Crippen LogP contribution in [0.15, 0.2) is 18.3 Å². The zero-order valence-electron chi connectivity index (χ0n) is 12.3. The lowest BCUT2D eigenvalue weighted by Crippen LogP contribution is -2.25. The van der Waals surface area contributed by atoms with Gasteiger partial charge in [-0.05, 0) is 5.92 Å². The highest BCUT2D eigenvalue weighted by Gasteiger charge is 2.32. The maximum Gasteiger partial charge on any atom is 0.119 e. The van der Waals surface area contributed by atoms with Crippen molar-refractivity contribution in [3.63, 3.8) is 0 Å². The predicted octanol–water partition coefficient (Wildman–Crippen LogP) is 3.67. The summed E-state index contributed by atoms with van der Waals surface area (Å²) in [7, 11) is 0. The standard InChI is InChI=1S/C15H24N2O/c1-10(2)13-14(11(3)4)18-8-15(5,6)12-7-16-9-17(12)13/h7,9-11H,8H2,1-6H3. The summed E-state index contributed by atoms with van der Waals surface area (Å²) in [5.41, 5.74) is 2.48. The Morgan fingerprint density at radius 1 is 1.22 bits per heavy atom. The molecule has 1 aliphatic rings. The van der Waals surface area contributed by atoms with Gasteiger partial charge in [-0.3, -0.25) is 0 Å². The molecule has 0 aliphatic carbocycles. The molecule has 1 aromatic heterocycles. The summed E-state index contributed by atoms with van der Waals surface area (Å²) in [6.07, 6.45) is 3.89. The number of rotatable bonds is 2. The number of aromatic nitrogens is 2. The first kappa shape index (κ1) is 13.2. The molecular weight excluding hydrogens is 224 g/mol. The van der Waals surface area contributed by atoms with Gasteiger partial charge in [0.1, 0.15) is 5.76 Å². The van der Waals surface area contributed by atoms with Crippen molar-refractivity contribution >= 4 is 5.70 Å².